The first-order valence-electron chi connectivity index (χ1n) is 13.6. The minimum Gasteiger partial charge on any atom is -0.508 e. The quantitative estimate of drug-likeness (QED) is 0.0862. The second kappa shape index (κ2) is 14.7. The van der Waals surface area contributed by atoms with Crippen LogP contribution in [0.3, 0.4) is 0 Å². The first-order valence-corrected chi connectivity index (χ1v) is 13.6. The monoisotopic (exact) mass is 668 g/mol. The summed E-state index contributed by atoms with van der Waals surface area (Å²) >= 11 is 0. The highest BCUT2D eigenvalue weighted by atomic mass is 16.6. The van der Waals surface area contributed by atoms with Gasteiger partial charge in [-0.3, -0.25) is 4.79 Å². The second-order valence-corrected chi connectivity index (χ2v) is 9.89. The number of aldehydes is 1. The molecule has 4 rings (SSSR count). The summed E-state index contributed by atoms with van der Waals surface area (Å²) in [5, 5.41) is 57.4. The van der Waals surface area contributed by atoms with Crippen molar-refractivity contribution in [1.29, 1.82) is 0 Å². The van der Waals surface area contributed by atoms with E-state index in [0.29, 0.717) is 17.7 Å². The first-order chi connectivity index (χ1) is 22.5. The molecule has 3 aromatic rings. The summed E-state index contributed by atoms with van der Waals surface area (Å²) in [7, 11) is 0. The number of aliphatic carboxylic acids is 1. The molecule has 48 heavy (non-hydrogen) atoms. The van der Waals surface area contributed by atoms with Crippen LogP contribution < -0.4 is 9.47 Å². The number of phenolic OH excluding ortho intramolecular Hbond substituents is 3. The van der Waals surface area contributed by atoms with Crippen LogP contribution in [0.4, 0.5) is 0 Å². The molecular formula is C32H28O16. The number of carboxylic acid groups (broad SMARTS) is 2. The Morgan fingerprint density at radius 2 is 1.48 bits per heavy atom. The second-order valence-electron chi connectivity index (χ2n) is 9.89. The Morgan fingerprint density at radius 1 is 0.812 bits per heavy atom. The fraction of sp³-hybridized carbons (Fsp3) is 0.188. The van der Waals surface area contributed by atoms with Gasteiger partial charge in [-0.2, -0.15) is 0 Å². The van der Waals surface area contributed by atoms with E-state index in [2.05, 4.69) is 0 Å². The Labute approximate surface area is 270 Å². The highest BCUT2D eigenvalue weighted by Crippen LogP contribution is 2.50. The molecule has 1 aliphatic rings. The third-order valence-corrected chi connectivity index (χ3v) is 6.65. The van der Waals surface area contributed by atoms with Crippen molar-refractivity contribution in [2.24, 2.45) is 0 Å². The van der Waals surface area contributed by atoms with E-state index in [1.165, 1.54) is 19.9 Å². The van der Waals surface area contributed by atoms with Gasteiger partial charge in [0.1, 0.15) is 46.3 Å². The third kappa shape index (κ3) is 7.44. The topological polar surface area (TPSA) is 261 Å². The number of carbonyl (C=O) groups is 6. The number of esters is 3. The average Bonchev–Trinajstić information content (AvgIpc) is 3.12. The number of carbonyl (C=O) groups excluding carboxylic acids is 4. The molecule has 16 heteroatoms. The summed E-state index contributed by atoms with van der Waals surface area (Å²) < 4.78 is 20.7. The van der Waals surface area contributed by atoms with E-state index in [-0.39, 0.29) is 52.4 Å². The van der Waals surface area contributed by atoms with Crippen molar-refractivity contribution < 1.29 is 78.4 Å². The molecule has 0 aliphatic carbocycles. The summed E-state index contributed by atoms with van der Waals surface area (Å²) in [6, 6.07) is 3.64. The van der Waals surface area contributed by atoms with Crippen LogP contribution in [-0.4, -0.2) is 73.4 Å². The summed E-state index contributed by atoms with van der Waals surface area (Å²) in [6.07, 6.45) is 1.30. The Bertz CT molecular complexity index is 1860. The Kier molecular flexibility index (Phi) is 11.0. The van der Waals surface area contributed by atoms with Crippen LogP contribution in [0.15, 0.2) is 30.4 Å². The maximum Gasteiger partial charge on any atom is 0.347 e. The van der Waals surface area contributed by atoms with Crippen LogP contribution in [0.1, 0.15) is 70.6 Å². The molecule has 1 heterocycles. The van der Waals surface area contributed by atoms with E-state index in [1.54, 1.807) is 13.8 Å². The number of aromatic carboxylic acids is 1. The third-order valence-electron chi connectivity index (χ3n) is 6.65. The largest absolute Gasteiger partial charge is 0.508 e. The molecule has 0 saturated carbocycles. The van der Waals surface area contributed by atoms with Crippen molar-refractivity contribution >= 4 is 36.1 Å². The molecule has 0 unspecified atom stereocenters. The molecule has 0 amide bonds. The lowest BCUT2D eigenvalue weighted by molar-refractivity contribution is -0.139. The molecule has 0 radical (unpaired) electrons. The van der Waals surface area contributed by atoms with Crippen LogP contribution in [0.5, 0.6) is 40.2 Å². The average molecular weight is 669 g/mol. The molecule has 3 aromatic carbocycles. The lowest BCUT2D eigenvalue weighted by Crippen LogP contribution is -2.13. The molecule has 0 spiro atoms. The van der Waals surface area contributed by atoms with Gasteiger partial charge in [-0.1, -0.05) is 0 Å². The predicted molar refractivity (Wildman–Crippen MR) is 160 cm³/mol. The molecular weight excluding hydrogens is 640 g/mol. The lowest BCUT2D eigenvalue weighted by atomic mass is 10.0. The van der Waals surface area contributed by atoms with Gasteiger partial charge >= 0.3 is 29.8 Å². The van der Waals surface area contributed by atoms with Crippen molar-refractivity contribution in [2.45, 2.75) is 34.3 Å². The van der Waals surface area contributed by atoms with Crippen LogP contribution >= 0.6 is 0 Å². The summed E-state index contributed by atoms with van der Waals surface area (Å²) in [5.74, 6) is -8.83. The first kappa shape index (κ1) is 35.9. The number of rotatable bonds is 8. The van der Waals surface area contributed by atoms with E-state index in [4.69, 9.17) is 29.2 Å². The van der Waals surface area contributed by atoms with Crippen molar-refractivity contribution in [1.82, 2.24) is 0 Å². The Hall–Kier alpha value is -6.58. The van der Waals surface area contributed by atoms with E-state index >= 15 is 0 Å². The van der Waals surface area contributed by atoms with E-state index in [9.17, 15) is 49.2 Å². The van der Waals surface area contributed by atoms with Gasteiger partial charge in [0.2, 0.25) is 0 Å². The van der Waals surface area contributed by atoms with Gasteiger partial charge in [-0.25, -0.2) is 24.0 Å². The van der Waals surface area contributed by atoms with Crippen LogP contribution in [-0.2, 0) is 25.7 Å². The van der Waals surface area contributed by atoms with Gasteiger partial charge < -0.3 is 49.6 Å². The standard InChI is InChI=1S/C22H16O12.C10H12O4/c1-8-5-12(24)10(6-23)19-15(8)22(31)34-20-11(7-32-14(27)4-3-13(25)26)17(28)16(21(29)30)9(2)18(20)33-19;1-3-14-10(13)9-6(2)4-7(11)5-8(9)12/h3-6,24,28H,7H2,1-2H3,(H,25,26)(H,29,30);4-5,11-12H,3H2,1-2H3. The number of ether oxygens (including phenoxy) is 4. The molecule has 0 fully saturated rings. The van der Waals surface area contributed by atoms with Gasteiger partial charge in [0.25, 0.3) is 0 Å². The molecule has 0 saturated heterocycles. The van der Waals surface area contributed by atoms with Crippen LogP contribution in [0.2, 0.25) is 0 Å². The molecule has 16 nitrogen and oxygen atoms in total. The van der Waals surface area contributed by atoms with Crippen LogP contribution in [0.25, 0.3) is 0 Å². The number of aromatic hydroxyl groups is 4. The minimum atomic E-state index is -1.60. The molecule has 6 N–H and O–H groups in total. The number of hydrogen-bond donors (Lipinski definition) is 6. The van der Waals surface area contributed by atoms with Gasteiger partial charge in [0.05, 0.1) is 17.7 Å². The zero-order valence-electron chi connectivity index (χ0n) is 25.6. The van der Waals surface area contributed by atoms with Crippen molar-refractivity contribution in [2.75, 3.05) is 6.61 Å². The molecule has 1 aliphatic heterocycles. The fourth-order valence-electron chi connectivity index (χ4n) is 4.54. The number of aryl methyl sites for hydroxylation is 2. The molecule has 0 bridgehead atoms. The highest BCUT2D eigenvalue weighted by Gasteiger charge is 2.36. The predicted octanol–water partition coefficient (Wildman–Crippen LogP) is 3.82. The maximum atomic E-state index is 12.9. The molecule has 0 aromatic heterocycles. The zero-order valence-corrected chi connectivity index (χ0v) is 25.6. The van der Waals surface area contributed by atoms with E-state index in [1.807, 2.05) is 0 Å². The van der Waals surface area contributed by atoms with Gasteiger partial charge in [0, 0.05) is 23.8 Å². The number of benzene rings is 3. The Morgan fingerprint density at radius 3 is 2.04 bits per heavy atom. The van der Waals surface area contributed by atoms with E-state index in [0.717, 1.165) is 12.1 Å². The number of phenols is 4. The number of fused-ring (bicyclic) bond motifs is 2. The highest BCUT2D eigenvalue weighted by molar-refractivity contribution is 6.03. The number of carboxylic acids is 2. The zero-order chi connectivity index (χ0) is 36.0. The van der Waals surface area contributed by atoms with Gasteiger partial charge in [0.15, 0.2) is 23.5 Å². The smallest absolute Gasteiger partial charge is 0.347 e. The number of hydrogen-bond acceptors (Lipinski definition) is 14. The SMILES string of the molecule is CCOC(=O)c1c(C)cc(O)cc1O.Cc1cc(O)c(C=O)c2c1C(=O)Oc1c(COC(=O)C=CC(=O)O)c(O)c(C(=O)O)c(C)c1O2. The molecule has 252 valence electrons. The fourth-order valence-corrected chi connectivity index (χ4v) is 4.54. The van der Waals surface area contributed by atoms with Gasteiger partial charge in [-0.15, -0.1) is 0 Å². The van der Waals surface area contributed by atoms with Crippen molar-refractivity contribution in [3.05, 3.63) is 74.9 Å². The normalized spacial score (nSPS) is 11.5. The lowest BCUT2D eigenvalue weighted by Gasteiger charge is -2.18. The van der Waals surface area contributed by atoms with Crippen LogP contribution in [0, 0.1) is 20.8 Å². The van der Waals surface area contributed by atoms with Crippen molar-refractivity contribution in [3.63, 3.8) is 0 Å². The Balaban J connectivity index is 0.000000373. The molecule has 0 atom stereocenters. The van der Waals surface area contributed by atoms with Crippen molar-refractivity contribution in [3.8, 4) is 40.2 Å². The summed E-state index contributed by atoms with van der Waals surface area (Å²) in [5.41, 5.74) is -1.21. The summed E-state index contributed by atoms with van der Waals surface area (Å²) in [6.45, 7) is 5.38. The van der Waals surface area contributed by atoms with Gasteiger partial charge in [-0.05, 0) is 51.0 Å². The minimum absolute atomic E-state index is 0.0759. The van der Waals surface area contributed by atoms with E-state index < -0.39 is 76.1 Å². The maximum absolute atomic E-state index is 12.9. The summed E-state index contributed by atoms with van der Waals surface area (Å²) in [4.78, 5) is 70.0.